The van der Waals surface area contributed by atoms with Crippen LogP contribution in [-0.4, -0.2) is 29.0 Å². The topological polar surface area (TPSA) is 105 Å². The largest absolute Gasteiger partial charge is 0.463 e. The minimum Gasteiger partial charge on any atom is -0.463 e. The van der Waals surface area contributed by atoms with Crippen LogP contribution in [0.3, 0.4) is 0 Å². The summed E-state index contributed by atoms with van der Waals surface area (Å²) in [7, 11) is 3.71. The van der Waals surface area contributed by atoms with Gasteiger partial charge in [-0.3, -0.25) is 0 Å². The lowest BCUT2D eigenvalue weighted by Crippen LogP contribution is -2.12. The summed E-state index contributed by atoms with van der Waals surface area (Å²) in [5.41, 5.74) is 8.09. The van der Waals surface area contributed by atoms with Gasteiger partial charge in [0, 0.05) is 37.6 Å². The first kappa shape index (κ1) is 14.5. The van der Waals surface area contributed by atoms with Crippen molar-refractivity contribution in [3.63, 3.8) is 0 Å². The third kappa shape index (κ3) is 2.70. The standard InChI is InChI=1S/C16H14N6O/c1-22(2)16-19-8-10(9-20-16)11-6-13(14-4-3-5-23-14)21-15(18)12(11)7-17/h3-6,8-9H,1-2H3,(H2,18,21). The summed E-state index contributed by atoms with van der Waals surface area (Å²) in [4.78, 5) is 14.6. The highest BCUT2D eigenvalue weighted by Gasteiger charge is 2.15. The normalized spacial score (nSPS) is 10.3. The lowest BCUT2D eigenvalue weighted by molar-refractivity contribution is 0.580. The highest BCUT2D eigenvalue weighted by Crippen LogP contribution is 2.30. The zero-order chi connectivity index (χ0) is 16.4. The van der Waals surface area contributed by atoms with Crippen molar-refractivity contribution in [3.8, 4) is 28.7 Å². The number of nitrogens with two attached hydrogens (primary N) is 1. The molecule has 0 radical (unpaired) electrons. The summed E-state index contributed by atoms with van der Waals surface area (Å²) in [6.07, 6.45) is 4.87. The molecule has 0 saturated carbocycles. The molecule has 0 fully saturated rings. The molecule has 0 aliphatic heterocycles. The number of rotatable bonds is 3. The first-order chi connectivity index (χ1) is 11.1. The van der Waals surface area contributed by atoms with Crippen LogP contribution in [0.4, 0.5) is 11.8 Å². The maximum atomic E-state index is 9.38. The monoisotopic (exact) mass is 306 g/mol. The number of aromatic nitrogens is 3. The van der Waals surface area contributed by atoms with Gasteiger partial charge in [0.05, 0.1) is 6.26 Å². The molecule has 7 nitrogen and oxygen atoms in total. The highest BCUT2D eigenvalue weighted by atomic mass is 16.3. The summed E-state index contributed by atoms with van der Waals surface area (Å²) in [5.74, 6) is 1.31. The Labute approximate surface area is 133 Å². The van der Waals surface area contributed by atoms with Gasteiger partial charge >= 0.3 is 0 Å². The van der Waals surface area contributed by atoms with E-state index in [-0.39, 0.29) is 5.82 Å². The first-order valence-corrected chi connectivity index (χ1v) is 6.84. The van der Waals surface area contributed by atoms with Gasteiger partial charge in [-0.05, 0) is 18.2 Å². The molecule has 0 saturated heterocycles. The zero-order valence-corrected chi connectivity index (χ0v) is 12.7. The Morgan fingerprint density at radius 1 is 1.26 bits per heavy atom. The Morgan fingerprint density at radius 2 is 2.00 bits per heavy atom. The van der Waals surface area contributed by atoms with Gasteiger partial charge < -0.3 is 15.1 Å². The number of nitriles is 1. The van der Waals surface area contributed by atoms with Crippen molar-refractivity contribution in [1.29, 1.82) is 5.26 Å². The molecular weight excluding hydrogens is 292 g/mol. The fourth-order valence-corrected chi connectivity index (χ4v) is 2.15. The Kier molecular flexibility index (Phi) is 3.65. The molecule has 0 aliphatic rings. The average molecular weight is 306 g/mol. The fourth-order valence-electron chi connectivity index (χ4n) is 2.15. The van der Waals surface area contributed by atoms with E-state index >= 15 is 0 Å². The van der Waals surface area contributed by atoms with Crippen LogP contribution in [0.15, 0.2) is 41.3 Å². The van der Waals surface area contributed by atoms with E-state index in [1.54, 1.807) is 41.8 Å². The third-order valence-corrected chi connectivity index (χ3v) is 3.28. The van der Waals surface area contributed by atoms with Crippen LogP contribution in [-0.2, 0) is 0 Å². The summed E-state index contributed by atoms with van der Waals surface area (Å²) < 4.78 is 5.35. The lowest BCUT2D eigenvalue weighted by atomic mass is 10.0. The number of nitrogen functional groups attached to an aromatic ring is 1. The lowest BCUT2D eigenvalue weighted by Gasteiger charge is -2.11. The van der Waals surface area contributed by atoms with Gasteiger partial charge in [0.25, 0.3) is 0 Å². The Balaban J connectivity index is 2.15. The molecule has 0 bridgehead atoms. The van der Waals surface area contributed by atoms with Gasteiger partial charge in [0.2, 0.25) is 5.95 Å². The van der Waals surface area contributed by atoms with E-state index < -0.39 is 0 Å². The van der Waals surface area contributed by atoms with E-state index in [0.29, 0.717) is 34.1 Å². The van der Waals surface area contributed by atoms with Crippen LogP contribution < -0.4 is 10.6 Å². The smallest absolute Gasteiger partial charge is 0.224 e. The van der Waals surface area contributed by atoms with Crippen LogP contribution in [0.5, 0.6) is 0 Å². The van der Waals surface area contributed by atoms with E-state index in [4.69, 9.17) is 10.2 Å². The predicted octanol–water partition coefficient (Wildman–Crippen LogP) is 2.32. The van der Waals surface area contributed by atoms with E-state index in [0.717, 1.165) is 0 Å². The quantitative estimate of drug-likeness (QED) is 0.791. The van der Waals surface area contributed by atoms with Crippen LogP contribution >= 0.6 is 0 Å². The molecular formula is C16H14N6O. The van der Waals surface area contributed by atoms with Crippen molar-refractivity contribution in [2.75, 3.05) is 24.7 Å². The summed E-state index contributed by atoms with van der Waals surface area (Å²) in [6.45, 7) is 0. The second-order valence-electron chi connectivity index (χ2n) is 5.07. The SMILES string of the molecule is CN(C)c1ncc(-c2cc(-c3ccco3)nc(N)c2C#N)cn1. The molecule has 3 rings (SSSR count). The second kappa shape index (κ2) is 5.77. The molecule has 0 atom stereocenters. The highest BCUT2D eigenvalue weighted by molar-refractivity contribution is 5.78. The number of nitrogens with zero attached hydrogens (tertiary/aromatic N) is 5. The molecule has 3 heterocycles. The Bertz CT molecular complexity index is 863. The maximum Gasteiger partial charge on any atom is 0.224 e. The number of hydrogen-bond donors (Lipinski definition) is 1. The van der Waals surface area contributed by atoms with E-state index in [1.165, 1.54) is 0 Å². The number of hydrogen-bond acceptors (Lipinski definition) is 7. The molecule has 114 valence electrons. The van der Waals surface area contributed by atoms with Crippen molar-refractivity contribution >= 4 is 11.8 Å². The fraction of sp³-hybridized carbons (Fsp3) is 0.125. The molecule has 23 heavy (non-hydrogen) atoms. The number of pyridine rings is 1. The van der Waals surface area contributed by atoms with Crippen molar-refractivity contribution in [3.05, 3.63) is 42.4 Å². The maximum absolute atomic E-state index is 9.38. The van der Waals surface area contributed by atoms with Crippen LogP contribution in [0, 0.1) is 11.3 Å². The van der Waals surface area contributed by atoms with E-state index in [9.17, 15) is 5.26 Å². The number of furan rings is 1. The van der Waals surface area contributed by atoms with E-state index in [1.807, 2.05) is 14.1 Å². The first-order valence-electron chi connectivity index (χ1n) is 6.84. The van der Waals surface area contributed by atoms with Crippen molar-refractivity contribution in [1.82, 2.24) is 15.0 Å². The summed E-state index contributed by atoms with van der Waals surface area (Å²) >= 11 is 0. The zero-order valence-electron chi connectivity index (χ0n) is 12.7. The van der Waals surface area contributed by atoms with Crippen molar-refractivity contribution in [2.45, 2.75) is 0 Å². The number of anilines is 2. The van der Waals surface area contributed by atoms with Gasteiger partial charge in [0.1, 0.15) is 23.1 Å². The summed E-state index contributed by atoms with van der Waals surface area (Å²) in [6, 6.07) is 7.38. The Morgan fingerprint density at radius 3 is 2.57 bits per heavy atom. The molecule has 2 N–H and O–H groups in total. The Hall–Kier alpha value is -3.40. The van der Waals surface area contributed by atoms with Gasteiger partial charge in [-0.25, -0.2) is 15.0 Å². The average Bonchev–Trinajstić information content (AvgIpc) is 3.08. The van der Waals surface area contributed by atoms with Crippen LogP contribution in [0.25, 0.3) is 22.6 Å². The predicted molar refractivity (Wildman–Crippen MR) is 86.4 cm³/mol. The minimum atomic E-state index is 0.146. The van der Waals surface area contributed by atoms with Crippen LogP contribution in [0.2, 0.25) is 0 Å². The minimum absolute atomic E-state index is 0.146. The molecule has 0 unspecified atom stereocenters. The molecule has 0 aliphatic carbocycles. The van der Waals surface area contributed by atoms with Gasteiger partial charge in [0.15, 0.2) is 5.76 Å². The van der Waals surface area contributed by atoms with Gasteiger partial charge in [-0.1, -0.05) is 0 Å². The van der Waals surface area contributed by atoms with Crippen molar-refractivity contribution < 1.29 is 4.42 Å². The van der Waals surface area contributed by atoms with Gasteiger partial charge in [-0.2, -0.15) is 5.26 Å². The summed E-state index contributed by atoms with van der Waals surface area (Å²) in [5, 5.41) is 9.38. The second-order valence-corrected chi connectivity index (χ2v) is 5.07. The van der Waals surface area contributed by atoms with Gasteiger partial charge in [-0.15, -0.1) is 0 Å². The van der Waals surface area contributed by atoms with Crippen molar-refractivity contribution in [2.24, 2.45) is 0 Å². The molecule has 0 aromatic carbocycles. The molecule has 3 aromatic rings. The van der Waals surface area contributed by atoms with Crippen LogP contribution in [0.1, 0.15) is 5.56 Å². The van der Waals surface area contributed by atoms with E-state index in [2.05, 4.69) is 21.0 Å². The molecule has 7 heteroatoms. The molecule has 3 aromatic heterocycles. The molecule has 0 amide bonds. The third-order valence-electron chi connectivity index (χ3n) is 3.28. The molecule has 0 spiro atoms.